The summed E-state index contributed by atoms with van der Waals surface area (Å²) in [5.41, 5.74) is 4.14. The van der Waals surface area contributed by atoms with Gasteiger partial charge in [-0.3, -0.25) is 9.59 Å². The number of rotatable bonds is 5. The number of aromatic nitrogens is 1. The van der Waals surface area contributed by atoms with E-state index in [4.69, 9.17) is 0 Å². The number of aryl methyl sites for hydroxylation is 1. The highest BCUT2D eigenvalue weighted by molar-refractivity contribution is 5.96. The van der Waals surface area contributed by atoms with Crippen LogP contribution in [0, 0.1) is 18.8 Å². The highest BCUT2D eigenvalue weighted by atomic mass is 16.2. The third-order valence-corrected chi connectivity index (χ3v) is 6.83. The molecule has 6 nitrogen and oxygen atoms in total. The molecule has 2 aliphatic rings. The molecule has 0 spiro atoms. The number of carbonyl (C=O) groups is 2. The number of nitrogens with zero attached hydrogens (tertiary/aromatic N) is 2. The van der Waals surface area contributed by atoms with Gasteiger partial charge < -0.3 is 15.5 Å². The summed E-state index contributed by atoms with van der Waals surface area (Å²) < 4.78 is 0. The van der Waals surface area contributed by atoms with Crippen molar-refractivity contribution < 1.29 is 9.59 Å². The number of piperidine rings is 1. The van der Waals surface area contributed by atoms with Gasteiger partial charge in [-0.05, 0) is 99.1 Å². The number of likely N-dealkylation sites (tertiary alicyclic amines) is 1. The number of fused-ring (bicyclic) bond motifs is 1. The average molecular weight is 443 g/mol. The van der Waals surface area contributed by atoms with E-state index in [1.54, 1.807) is 0 Å². The van der Waals surface area contributed by atoms with E-state index in [1.165, 1.54) is 0 Å². The van der Waals surface area contributed by atoms with Crippen molar-refractivity contribution in [3.63, 3.8) is 0 Å². The van der Waals surface area contributed by atoms with Crippen molar-refractivity contribution in [3.05, 3.63) is 54.2 Å². The van der Waals surface area contributed by atoms with Gasteiger partial charge >= 0.3 is 0 Å². The van der Waals surface area contributed by atoms with Gasteiger partial charge in [0, 0.05) is 29.1 Å². The molecule has 6 heteroatoms. The van der Waals surface area contributed by atoms with E-state index in [-0.39, 0.29) is 23.7 Å². The normalized spacial score (nSPS) is 17.2. The van der Waals surface area contributed by atoms with Crippen molar-refractivity contribution in [1.29, 1.82) is 0 Å². The Hall–Kier alpha value is -3.25. The first kappa shape index (κ1) is 21.6. The van der Waals surface area contributed by atoms with Crippen LogP contribution in [0.25, 0.3) is 21.9 Å². The lowest BCUT2D eigenvalue weighted by molar-refractivity contribution is -0.121. The zero-order valence-electron chi connectivity index (χ0n) is 19.2. The van der Waals surface area contributed by atoms with Gasteiger partial charge in [0.2, 0.25) is 11.8 Å². The van der Waals surface area contributed by atoms with E-state index in [1.807, 2.05) is 18.3 Å². The smallest absolute Gasteiger partial charge is 0.228 e. The van der Waals surface area contributed by atoms with Gasteiger partial charge in [0.05, 0.1) is 0 Å². The Morgan fingerprint density at radius 2 is 1.61 bits per heavy atom. The molecular formula is C27H30N4O2. The van der Waals surface area contributed by atoms with Crippen LogP contribution in [-0.4, -0.2) is 41.8 Å². The highest BCUT2D eigenvalue weighted by Gasteiger charge is 2.29. The Labute approximate surface area is 194 Å². The van der Waals surface area contributed by atoms with Gasteiger partial charge in [0.1, 0.15) is 5.82 Å². The molecule has 2 N–H and O–H groups in total. The molecule has 3 aromatic rings. The summed E-state index contributed by atoms with van der Waals surface area (Å²) in [5.74, 6) is 1.00. The minimum atomic E-state index is 0.0632. The molecule has 2 fully saturated rings. The molecule has 2 aromatic carbocycles. The second-order valence-corrected chi connectivity index (χ2v) is 9.49. The maximum Gasteiger partial charge on any atom is 0.228 e. The number of hydrogen-bond donors (Lipinski definition) is 2. The van der Waals surface area contributed by atoms with Crippen molar-refractivity contribution in [3.8, 4) is 11.1 Å². The molecule has 1 saturated heterocycles. The average Bonchev–Trinajstić information content (AvgIpc) is 3.66. The van der Waals surface area contributed by atoms with E-state index in [0.717, 1.165) is 71.9 Å². The van der Waals surface area contributed by atoms with Crippen LogP contribution in [0.2, 0.25) is 0 Å². The number of pyridine rings is 1. The molecule has 0 bridgehead atoms. The quantitative estimate of drug-likeness (QED) is 0.593. The lowest BCUT2D eigenvalue weighted by atomic mass is 9.95. The molecule has 1 aromatic heterocycles. The monoisotopic (exact) mass is 442 g/mol. The Morgan fingerprint density at radius 3 is 2.36 bits per heavy atom. The fourth-order valence-electron chi connectivity index (χ4n) is 4.48. The summed E-state index contributed by atoms with van der Waals surface area (Å²) in [6, 6.07) is 14.3. The van der Waals surface area contributed by atoms with Crippen LogP contribution in [-0.2, 0) is 9.59 Å². The molecule has 1 aliphatic heterocycles. The lowest BCUT2D eigenvalue weighted by Gasteiger charge is -2.28. The van der Waals surface area contributed by atoms with Gasteiger partial charge in [0.25, 0.3) is 0 Å². The fraction of sp³-hybridized carbons (Fsp3) is 0.370. The largest absolute Gasteiger partial charge is 0.326 e. The Balaban J connectivity index is 1.35. The second kappa shape index (κ2) is 8.94. The van der Waals surface area contributed by atoms with Gasteiger partial charge in [-0.2, -0.15) is 0 Å². The summed E-state index contributed by atoms with van der Waals surface area (Å²) >= 11 is 0. The van der Waals surface area contributed by atoms with E-state index in [0.29, 0.717) is 5.82 Å². The molecule has 2 amide bonds. The molecule has 33 heavy (non-hydrogen) atoms. The molecule has 170 valence electrons. The number of anilines is 2. The van der Waals surface area contributed by atoms with Crippen molar-refractivity contribution >= 4 is 34.1 Å². The molecule has 0 atom stereocenters. The maximum atomic E-state index is 12.8. The van der Waals surface area contributed by atoms with Gasteiger partial charge in [-0.1, -0.05) is 18.2 Å². The molecular weight excluding hydrogens is 412 g/mol. The Kier molecular flexibility index (Phi) is 5.85. The van der Waals surface area contributed by atoms with Gasteiger partial charge in [0.15, 0.2) is 0 Å². The minimum Gasteiger partial charge on any atom is -0.326 e. The third kappa shape index (κ3) is 4.91. The van der Waals surface area contributed by atoms with Crippen LogP contribution >= 0.6 is 0 Å². The summed E-state index contributed by atoms with van der Waals surface area (Å²) in [7, 11) is 2.10. The maximum absolute atomic E-state index is 12.8. The molecule has 0 radical (unpaired) electrons. The van der Waals surface area contributed by atoms with Crippen LogP contribution in [0.15, 0.2) is 48.7 Å². The highest BCUT2D eigenvalue weighted by Crippen LogP contribution is 2.32. The summed E-state index contributed by atoms with van der Waals surface area (Å²) in [4.78, 5) is 31.5. The van der Waals surface area contributed by atoms with Crippen LogP contribution < -0.4 is 10.6 Å². The molecule has 2 heterocycles. The first-order valence-corrected chi connectivity index (χ1v) is 11.8. The first-order chi connectivity index (χ1) is 16.0. The van der Waals surface area contributed by atoms with E-state index >= 15 is 0 Å². The number of carbonyl (C=O) groups excluding carboxylic acids is 2. The predicted molar refractivity (Wildman–Crippen MR) is 132 cm³/mol. The first-order valence-electron chi connectivity index (χ1n) is 11.8. The van der Waals surface area contributed by atoms with Crippen molar-refractivity contribution in [1.82, 2.24) is 9.88 Å². The number of nitrogens with one attached hydrogen (secondary N) is 2. The van der Waals surface area contributed by atoms with E-state index in [2.05, 4.69) is 64.8 Å². The Bertz CT molecular complexity index is 1210. The minimum absolute atomic E-state index is 0.0632. The topological polar surface area (TPSA) is 74.3 Å². The van der Waals surface area contributed by atoms with Crippen LogP contribution in [0.1, 0.15) is 31.2 Å². The zero-order chi connectivity index (χ0) is 22.9. The fourth-order valence-corrected chi connectivity index (χ4v) is 4.48. The number of benzene rings is 2. The van der Waals surface area contributed by atoms with Crippen molar-refractivity contribution in [2.24, 2.45) is 11.8 Å². The Morgan fingerprint density at radius 1 is 0.879 bits per heavy atom. The SMILES string of the molecule is Cc1ccc(NC(=O)C2CCN(C)CC2)cc1-c1ccc2cc(NC(=O)C3CC3)ncc2c1. The summed E-state index contributed by atoms with van der Waals surface area (Å²) in [5, 5.41) is 8.09. The van der Waals surface area contributed by atoms with Crippen molar-refractivity contribution in [2.45, 2.75) is 32.6 Å². The summed E-state index contributed by atoms with van der Waals surface area (Å²) in [6.45, 7) is 4.01. The van der Waals surface area contributed by atoms with Gasteiger partial charge in [-0.15, -0.1) is 0 Å². The van der Waals surface area contributed by atoms with Crippen LogP contribution in [0.5, 0.6) is 0 Å². The molecule has 1 saturated carbocycles. The standard InChI is InChI=1S/C27H30N4O2/c1-17-3-8-23(29-26(32)19-9-11-31(2)12-10-19)15-24(17)21-7-6-20-14-25(28-16-22(20)13-21)30-27(33)18-4-5-18/h3,6-8,13-16,18-19H,4-5,9-12H2,1-2H3,(H,29,32)(H,28,30,33). The summed E-state index contributed by atoms with van der Waals surface area (Å²) in [6.07, 6.45) is 5.56. The number of amides is 2. The molecule has 5 rings (SSSR count). The zero-order valence-corrected chi connectivity index (χ0v) is 19.2. The third-order valence-electron chi connectivity index (χ3n) is 6.83. The predicted octanol–water partition coefficient (Wildman–Crippen LogP) is 4.84. The lowest BCUT2D eigenvalue weighted by Crippen LogP contribution is -2.35. The van der Waals surface area contributed by atoms with Crippen LogP contribution in [0.4, 0.5) is 11.5 Å². The van der Waals surface area contributed by atoms with Crippen LogP contribution in [0.3, 0.4) is 0 Å². The number of hydrogen-bond acceptors (Lipinski definition) is 4. The van der Waals surface area contributed by atoms with Gasteiger partial charge in [-0.25, -0.2) is 4.98 Å². The van der Waals surface area contributed by atoms with Crippen molar-refractivity contribution in [2.75, 3.05) is 30.8 Å². The van der Waals surface area contributed by atoms with E-state index < -0.39 is 0 Å². The molecule has 0 unspecified atom stereocenters. The molecule has 1 aliphatic carbocycles. The second-order valence-electron chi connectivity index (χ2n) is 9.49. The van der Waals surface area contributed by atoms with E-state index in [9.17, 15) is 9.59 Å².